The summed E-state index contributed by atoms with van der Waals surface area (Å²) >= 11 is 0. The molecule has 1 aliphatic heterocycles. The number of rotatable bonds is 4. The SMILES string of the molecule is N#Cc1ccc(NC(=O)CCN2CCCCC2)cc1. The first-order valence-corrected chi connectivity index (χ1v) is 6.80. The molecule has 1 amide bonds. The molecule has 0 atom stereocenters. The molecule has 0 spiro atoms. The van der Waals surface area contributed by atoms with Crippen LogP contribution in [0.3, 0.4) is 0 Å². The van der Waals surface area contributed by atoms with Gasteiger partial charge in [0, 0.05) is 18.7 Å². The molecule has 2 rings (SSSR count). The normalized spacial score (nSPS) is 15.7. The number of anilines is 1. The van der Waals surface area contributed by atoms with Crippen LogP contribution in [0.1, 0.15) is 31.2 Å². The number of amides is 1. The molecule has 0 aromatic heterocycles. The van der Waals surface area contributed by atoms with Crippen molar-refractivity contribution >= 4 is 11.6 Å². The predicted octanol–water partition coefficient (Wildman–Crippen LogP) is 2.37. The number of carbonyl (C=O) groups is 1. The van der Waals surface area contributed by atoms with Gasteiger partial charge >= 0.3 is 0 Å². The lowest BCUT2D eigenvalue weighted by molar-refractivity contribution is -0.116. The van der Waals surface area contributed by atoms with Crippen LogP contribution in [0.4, 0.5) is 5.69 Å². The summed E-state index contributed by atoms with van der Waals surface area (Å²) < 4.78 is 0. The number of carbonyl (C=O) groups excluding carboxylic acids is 1. The molecule has 1 aromatic carbocycles. The van der Waals surface area contributed by atoms with Crippen molar-refractivity contribution in [3.05, 3.63) is 29.8 Å². The van der Waals surface area contributed by atoms with Gasteiger partial charge in [-0.15, -0.1) is 0 Å². The van der Waals surface area contributed by atoms with Crippen molar-refractivity contribution in [3.63, 3.8) is 0 Å². The summed E-state index contributed by atoms with van der Waals surface area (Å²) in [4.78, 5) is 14.2. The maximum atomic E-state index is 11.8. The lowest BCUT2D eigenvalue weighted by atomic mass is 10.1. The van der Waals surface area contributed by atoms with E-state index in [9.17, 15) is 4.79 Å². The molecular formula is C15H19N3O. The van der Waals surface area contributed by atoms with E-state index in [1.807, 2.05) is 0 Å². The molecular weight excluding hydrogens is 238 g/mol. The number of likely N-dealkylation sites (tertiary alicyclic amines) is 1. The molecule has 0 radical (unpaired) electrons. The topological polar surface area (TPSA) is 56.1 Å². The Balaban J connectivity index is 1.75. The van der Waals surface area contributed by atoms with E-state index < -0.39 is 0 Å². The third kappa shape index (κ3) is 4.38. The highest BCUT2D eigenvalue weighted by Gasteiger charge is 2.11. The van der Waals surface area contributed by atoms with Gasteiger partial charge in [0.2, 0.25) is 5.91 Å². The Kier molecular flexibility index (Phi) is 4.93. The van der Waals surface area contributed by atoms with Crippen LogP contribution in [0.25, 0.3) is 0 Å². The zero-order valence-electron chi connectivity index (χ0n) is 11.1. The molecule has 1 N–H and O–H groups in total. The quantitative estimate of drug-likeness (QED) is 0.901. The van der Waals surface area contributed by atoms with Crippen LogP contribution in [-0.2, 0) is 4.79 Å². The fraction of sp³-hybridized carbons (Fsp3) is 0.467. The van der Waals surface area contributed by atoms with Crippen LogP contribution in [0, 0.1) is 11.3 Å². The average molecular weight is 257 g/mol. The Hall–Kier alpha value is -1.86. The zero-order chi connectivity index (χ0) is 13.5. The van der Waals surface area contributed by atoms with Gasteiger partial charge in [0.05, 0.1) is 11.6 Å². The molecule has 1 fully saturated rings. The molecule has 100 valence electrons. The second kappa shape index (κ2) is 6.91. The van der Waals surface area contributed by atoms with Gasteiger partial charge < -0.3 is 10.2 Å². The molecule has 4 nitrogen and oxygen atoms in total. The Morgan fingerprint density at radius 1 is 1.21 bits per heavy atom. The van der Waals surface area contributed by atoms with Crippen LogP contribution in [-0.4, -0.2) is 30.4 Å². The highest BCUT2D eigenvalue weighted by Crippen LogP contribution is 2.11. The van der Waals surface area contributed by atoms with E-state index in [1.165, 1.54) is 19.3 Å². The van der Waals surface area contributed by atoms with Gasteiger partial charge in [-0.1, -0.05) is 6.42 Å². The van der Waals surface area contributed by atoms with Crippen LogP contribution in [0.2, 0.25) is 0 Å². The van der Waals surface area contributed by atoms with Crippen LogP contribution in [0.5, 0.6) is 0 Å². The standard InChI is InChI=1S/C15H19N3O/c16-12-13-4-6-14(7-5-13)17-15(19)8-11-18-9-2-1-3-10-18/h4-7H,1-3,8-11H2,(H,17,19). The third-order valence-electron chi connectivity index (χ3n) is 3.40. The minimum atomic E-state index is 0.0373. The maximum absolute atomic E-state index is 11.8. The summed E-state index contributed by atoms with van der Waals surface area (Å²) in [7, 11) is 0. The summed E-state index contributed by atoms with van der Waals surface area (Å²) in [6.07, 6.45) is 4.34. The van der Waals surface area contributed by atoms with Gasteiger partial charge in [-0.25, -0.2) is 0 Å². The number of hydrogen-bond acceptors (Lipinski definition) is 3. The summed E-state index contributed by atoms with van der Waals surface area (Å²) in [5.74, 6) is 0.0373. The Morgan fingerprint density at radius 2 is 1.89 bits per heavy atom. The predicted molar refractivity (Wildman–Crippen MR) is 74.7 cm³/mol. The van der Waals surface area contributed by atoms with Crippen molar-refractivity contribution in [2.75, 3.05) is 25.0 Å². The summed E-state index contributed by atoms with van der Waals surface area (Å²) in [5.41, 5.74) is 1.36. The minimum absolute atomic E-state index is 0.0373. The van der Waals surface area contributed by atoms with E-state index in [1.54, 1.807) is 24.3 Å². The number of nitrogens with zero attached hydrogens (tertiary/aromatic N) is 2. The average Bonchev–Trinajstić information content (AvgIpc) is 2.47. The number of benzene rings is 1. The van der Waals surface area contributed by atoms with Gasteiger partial charge in [0.1, 0.15) is 0 Å². The van der Waals surface area contributed by atoms with Gasteiger partial charge in [-0.2, -0.15) is 5.26 Å². The first-order valence-electron chi connectivity index (χ1n) is 6.80. The monoisotopic (exact) mass is 257 g/mol. The van der Waals surface area contributed by atoms with E-state index in [-0.39, 0.29) is 5.91 Å². The molecule has 0 bridgehead atoms. The van der Waals surface area contributed by atoms with E-state index in [0.717, 1.165) is 25.3 Å². The minimum Gasteiger partial charge on any atom is -0.326 e. The third-order valence-corrected chi connectivity index (χ3v) is 3.40. The van der Waals surface area contributed by atoms with E-state index in [4.69, 9.17) is 5.26 Å². The highest BCUT2D eigenvalue weighted by molar-refractivity contribution is 5.90. The number of nitrogens with one attached hydrogen (secondary N) is 1. The largest absolute Gasteiger partial charge is 0.326 e. The second-order valence-corrected chi connectivity index (χ2v) is 4.89. The van der Waals surface area contributed by atoms with Crippen molar-refractivity contribution in [1.29, 1.82) is 5.26 Å². The fourth-order valence-electron chi connectivity index (χ4n) is 2.29. The summed E-state index contributed by atoms with van der Waals surface area (Å²) in [5, 5.41) is 11.6. The Bertz CT molecular complexity index is 455. The van der Waals surface area contributed by atoms with Crippen molar-refractivity contribution in [2.24, 2.45) is 0 Å². The van der Waals surface area contributed by atoms with Gasteiger partial charge in [-0.3, -0.25) is 4.79 Å². The van der Waals surface area contributed by atoms with Gasteiger partial charge in [-0.05, 0) is 50.2 Å². The molecule has 4 heteroatoms. The van der Waals surface area contributed by atoms with E-state index in [0.29, 0.717) is 12.0 Å². The molecule has 0 unspecified atom stereocenters. The van der Waals surface area contributed by atoms with Crippen LogP contribution >= 0.6 is 0 Å². The van der Waals surface area contributed by atoms with Gasteiger partial charge in [0.25, 0.3) is 0 Å². The number of hydrogen-bond donors (Lipinski definition) is 1. The van der Waals surface area contributed by atoms with Crippen LogP contribution < -0.4 is 5.32 Å². The lowest BCUT2D eigenvalue weighted by Crippen LogP contribution is -2.32. The molecule has 19 heavy (non-hydrogen) atoms. The Morgan fingerprint density at radius 3 is 2.53 bits per heavy atom. The van der Waals surface area contributed by atoms with Crippen molar-refractivity contribution in [3.8, 4) is 6.07 Å². The smallest absolute Gasteiger partial charge is 0.225 e. The second-order valence-electron chi connectivity index (χ2n) is 4.89. The molecule has 1 saturated heterocycles. The van der Waals surface area contributed by atoms with E-state index in [2.05, 4.69) is 16.3 Å². The van der Waals surface area contributed by atoms with Crippen LogP contribution in [0.15, 0.2) is 24.3 Å². The maximum Gasteiger partial charge on any atom is 0.225 e. The van der Waals surface area contributed by atoms with Crippen molar-refractivity contribution in [1.82, 2.24) is 4.90 Å². The first kappa shape index (κ1) is 13.6. The molecule has 0 saturated carbocycles. The van der Waals surface area contributed by atoms with Crippen molar-refractivity contribution < 1.29 is 4.79 Å². The first-order chi connectivity index (χ1) is 9.28. The van der Waals surface area contributed by atoms with E-state index >= 15 is 0 Å². The molecule has 0 aliphatic carbocycles. The van der Waals surface area contributed by atoms with Crippen molar-refractivity contribution in [2.45, 2.75) is 25.7 Å². The summed E-state index contributed by atoms with van der Waals surface area (Å²) in [6, 6.07) is 9.00. The zero-order valence-corrected chi connectivity index (χ0v) is 11.1. The molecule has 1 aliphatic rings. The highest BCUT2D eigenvalue weighted by atomic mass is 16.1. The summed E-state index contributed by atoms with van der Waals surface area (Å²) in [6.45, 7) is 3.07. The number of nitriles is 1. The molecule has 1 aromatic rings. The molecule has 1 heterocycles. The number of piperidine rings is 1. The Labute approximate surface area is 114 Å². The fourth-order valence-corrected chi connectivity index (χ4v) is 2.29. The lowest BCUT2D eigenvalue weighted by Gasteiger charge is -2.25. The van der Waals surface area contributed by atoms with Gasteiger partial charge in [0.15, 0.2) is 0 Å².